The lowest BCUT2D eigenvalue weighted by molar-refractivity contribution is -0.386. The lowest BCUT2D eigenvalue weighted by Crippen LogP contribution is -2.23. The zero-order chi connectivity index (χ0) is 23.6. The van der Waals surface area contributed by atoms with Crippen molar-refractivity contribution in [1.82, 2.24) is 9.66 Å². The van der Waals surface area contributed by atoms with E-state index < -0.39 is 22.7 Å². The van der Waals surface area contributed by atoms with Gasteiger partial charge in [0.05, 0.1) is 26.5 Å². The fraction of sp³-hybridized carbons (Fsp3) is 0.200. The van der Waals surface area contributed by atoms with E-state index in [0.29, 0.717) is 28.7 Å². The van der Waals surface area contributed by atoms with Gasteiger partial charge in [0, 0.05) is 22.5 Å². The molecular formula is C20H16Br2N4O6. The van der Waals surface area contributed by atoms with Crippen molar-refractivity contribution in [2.45, 2.75) is 26.4 Å². The van der Waals surface area contributed by atoms with E-state index in [-0.39, 0.29) is 15.8 Å². The normalized spacial score (nSPS) is 12.2. The molecular weight excluding hydrogens is 552 g/mol. The van der Waals surface area contributed by atoms with Crippen LogP contribution in [-0.2, 0) is 11.2 Å². The molecule has 0 amide bonds. The van der Waals surface area contributed by atoms with Crippen molar-refractivity contribution < 1.29 is 19.6 Å². The topological polar surface area (TPSA) is 137 Å². The van der Waals surface area contributed by atoms with E-state index in [1.165, 1.54) is 25.3 Å². The number of carboxylic acids is 1. The molecule has 12 heteroatoms. The zero-order valence-corrected chi connectivity index (χ0v) is 20.0. The maximum absolute atomic E-state index is 13.0. The molecule has 166 valence electrons. The highest BCUT2D eigenvalue weighted by Gasteiger charge is 2.24. The van der Waals surface area contributed by atoms with E-state index in [1.807, 2.05) is 6.92 Å². The minimum Gasteiger partial charge on any atom is -0.479 e. The number of halogens is 2. The number of carboxylic acid groups (broad SMARTS) is 1. The van der Waals surface area contributed by atoms with Crippen LogP contribution in [0.4, 0.5) is 5.69 Å². The van der Waals surface area contributed by atoms with Crippen LogP contribution in [-0.4, -0.2) is 38.0 Å². The number of rotatable bonds is 7. The fourth-order valence-electron chi connectivity index (χ4n) is 2.82. The largest absolute Gasteiger partial charge is 0.479 e. The smallest absolute Gasteiger partial charge is 0.344 e. The van der Waals surface area contributed by atoms with Crippen molar-refractivity contribution in [2.24, 2.45) is 5.10 Å². The molecule has 1 atom stereocenters. The molecule has 0 aliphatic carbocycles. The zero-order valence-electron chi connectivity index (χ0n) is 16.8. The number of carbonyl (C=O) groups is 1. The standard InChI is InChI=1S/C20H16Br2N4O6/c1-3-17-24-15-5-4-12(21)8-13(15)19(27)25(17)23-9-11-6-14(22)18(16(7-11)26(30)31)32-10(2)20(28)29/h4-10H,3H2,1-2H3,(H,28,29)/t10-/m1/s1. The second-order valence-corrected chi connectivity index (χ2v) is 8.38. The summed E-state index contributed by atoms with van der Waals surface area (Å²) < 4.78 is 7.26. The summed E-state index contributed by atoms with van der Waals surface area (Å²) in [7, 11) is 0. The molecule has 2 aromatic carbocycles. The number of nitro groups is 1. The van der Waals surface area contributed by atoms with Gasteiger partial charge in [0.2, 0.25) is 5.75 Å². The highest BCUT2D eigenvalue weighted by atomic mass is 79.9. The average molecular weight is 568 g/mol. The van der Waals surface area contributed by atoms with Gasteiger partial charge in [0.15, 0.2) is 6.10 Å². The molecule has 0 fully saturated rings. The second kappa shape index (κ2) is 9.57. The minimum absolute atomic E-state index is 0.171. The Balaban J connectivity index is 2.09. The first kappa shape index (κ1) is 23.5. The molecule has 0 bridgehead atoms. The summed E-state index contributed by atoms with van der Waals surface area (Å²) >= 11 is 6.52. The number of hydrogen-bond acceptors (Lipinski definition) is 7. The number of ether oxygens (including phenoxy) is 1. The number of aryl methyl sites for hydroxylation is 1. The minimum atomic E-state index is -1.29. The van der Waals surface area contributed by atoms with Crippen LogP contribution in [0.25, 0.3) is 10.9 Å². The predicted octanol–water partition coefficient (Wildman–Crippen LogP) is 4.13. The number of fused-ring (bicyclic) bond motifs is 1. The third kappa shape index (κ3) is 4.86. The first-order chi connectivity index (χ1) is 15.1. The van der Waals surface area contributed by atoms with Gasteiger partial charge in [-0.25, -0.2) is 9.78 Å². The Morgan fingerprint density at radius 1 is 1.38 bits per heavy atom. The van der Waals surface area contributed by atoms with Crippen molar-refractivity contribution in [3.05, 3.63) is 71.1 Å². The fourth-order valence-corrected chi connectivity index (χ4v) is 3.74. The molecule has 32 heavy (non-hydrogen) atoms. The van der Waals surface area contributed by atoms with Crippen LogP contribution >= 0.6 is 31.9 Å². The van der Waals surface area contributed by atoms with E-state index in [0.717, 1.165) is 9.15 Å². The van der Waals surface area contributed by atoms with Crippen molar-refractivity contribution >= 4 is 60.6 Å². The molecule has 1 aromatic heterocycles. The Labute approximate surface area is 197 Å². The maximum atomic E-state index is 13.0. The van der Waals surface area contributed by atoms with Gasteiger partial charge in [-0.15, -0.1) is 0 Å². The van der Waals surface area contributed by atoms with Gasteiger partial charge in [-0.2, -0.15) is 9.78 Å². The number of aromatic nitrogens is 2. The average Bonchev–Trinajstić information content (AvgIpc) is 2.74. The van der Waals surface area contributed by atoms with Crippen LogP contribution in [0.3, 0.4) is 0 Å². The van der Waals surface area contributed by atoms with Gasteiger partial charge < -0.3 is 9.84 Å². The number of nitrogens with zero attached hydrogens (tertiary/aromatic N) is 4. The number of nitro benzene ring substituents is 1. The Morgan fingerprint density at radius 2 is 2.09 bits per heavy atom. The summed E-state index contributed by atoms with van der Waals surface area (Å²) in [5, 5.41) is 25.1. The van der Waals surface area contributed by atoms with Gasteiger partial charge in [0.25, 0.3) is 5.56 Å². The van der Waals surface area contributed by atoms with E-state index in [4.69, 9.17) is 9.84 Å². The third-order valence-electron chi connectivity index (χ3n) is 4.40. The highest BCUT2D eigenvalue weighted by molar-refractivity contribution is 9.10. The van der Waals surface area contributed by atoms with Gasteiger partial charge >= 0.3 is 11.7 Å². The third-order valence-corrected chi connectivity index (χ3v) is 5.48. The van der Waals surface area contributed by atoms with Crippen LogP contribution in [0.15, 0.2) is 49.2 Å². The first-order valence-electron chi connectivity index (χ1n) is 9.25. The number of benzene rings is 2. The maximum Gasteiger partial charge on any atom is 0.344 e. The molecule has 0 unspecified atom stereocenters. The lowest BCUT2D eigenvalue weighted by atomic mass is 10.2. The Kier molecular flexibility index (Phi) is 7.04. The molecule has 0 radical (unpaired) electrons. The summed E-state index contributed by atoms with van der Waals surface area (Å²) in [5.41, 5.74) is 0.00175. The van der Waals surface area contributed by atoms with Crippen molar-refractivity contribution in [3.63, 3.8) is 0 Å². The Hall–Kier alpha value is -3.12. The molecule has 0 saturated carbocycles. The van der Waals surface area contributed by atoms with Crippen molar-refractivity contribution in [2.75, 3.05) is 0 Å². The molecule has 1 N–H and O–H groups in total. The van der Waals surface area contributed by atoms with Gasteiger partial charge in [-0.3, -0.25) is 14.9 Å². The van der Waals surface area contributed by atoms with Gasteiger partial charge in [-0.05, 0) is 47.1 Å². The molecule has 0 spiro atoms. The van der Waals surface area contributed by atoms with Gasteiger partial charge in [0.1, 0.15) is 5.82 Å². The van der Waals surface area contributed by atoms with Gasteiger partial charge in [-0.1, -0.05) is 22.9 Å². The predicted molar refractivity (Wildman–Crippen MR) is 125 cm³/mol. The molecule has 1 heterocycles. The SMILES string of the molecule is CCc1nc2ccc(Br)cc2c(=O)n1N=Cc1cc(Br)c(O[C@H](C)C(=O)O)c([N+](=O)[O-])c1. The van der Waals surface area contributed by atoms with E-state index in [1.54, 1.807) is 18.2 Å². The summed E-state index contributed by atoms with van der Waals surface area (Å²) in [6.45, 7) is 3.09. The summed E-state index contributed by atoms with van der Waals surface area (Å²) in [4.78, 5) is 39.3. The lowest BCUT2D eigenvalue weighted by Gasteiger charge is -2.12. The first-order valence-corrected chi connectivity index (χ1v) is 10.8. The molecule has 3 rings (SSSR count). The molecule has 3 aromatic rings. The van der Waals surface area contributed by atoms with Crippen molar-refractivity contribution in [3.8, 4) is 5.75 Å². The van der Waals surface area contributed by atoms with Crippen LogP contribution in [0.1, 0.15) is 25.2 Å². The number of aliphatic carboxylic acids is 1. The van der Waals surface area contributed by atoms with E-state index in [9.17, 15) is 19.7 Å². The second-order valence-electron chi connectivity index (χ2n) is 6.61. The molecule has 10 nitrogen and oxygen atoms in total. The van der Waals surface area contributed by atoms with Crippen LogP contribution in [0, 0.1) is 10.1 Å². The summed E-state index contributed by atoms with van der Waals surface area (Å²) in [6, 6.07) is 7.81. The molecule has 0 saturated heterocycles. The quantitative estimate of drug-likeness (QED) is 0.257. The monoisotopic (exact) mass is 566 g/mol. The molecule has 0 aliphatic heterocycles. The van der Waals surface area contributed by atoms with Crippen LogP contribution in [0.2, 0.25) is 0 Å². The van der Waals surface area contributed by atoms with E-state index >= 15 is 0 Å². The number of hydrogen-bond donors (Lipinski definition) is 1. The van der Waals surface area contributed by atoms with E-state index in [2.05, 4.69) is 41.9 Å². The Bertz CT molecular complexity index is 1320. The summed E-state index contributed by atoms with van der Waals surface area (Å²) in [5.74, 6) is -1.06. The molecule has 0 aliphatic rings. The Morgan fingerprint density at radius 3 is 2.72 bits per heavy atom. The van der Waals surface area contributed by atoms with Crippen molar-refractivity contribution in [1.29, 1.82) is 0 Å². The van der Waals surface area contributed by atoms with Crippen LogP contribution in [0.5, 0.6) is 5.75 Å². The summed E-state index contributed by atoms with van der Waals surface area (Å²) in [6.07, 6.45) is 0.425. The van der Waals surface area contributed by atoms with Crippen LogP contribution < -0.4 is 10.3 Å². The highest BCUT2D eigenvalue weighted by Crippen LogP contribution is 2.36.